The molecule has 0 radical (unpaired) electrons. The number of amides is 1. The van der Waals surface area contributed by atoms with E-state index in [0.29, 0.717) is 31.1 Å². The number of benzene rings is 2. The van der Waals surface area contributed by atoms with Crippen LogP contribution in [0.4, 0.5) is 0 Å². The molecule has 5 nitrogen and oxygen atoms in total. The van der Waals surface area contributed by atoms with E-state index in [2.05, 4.69) is 5.32 Å². The van der Waals surface area contributed by atoms with Crippen molar-refractivity contribution in [2.45, 2.75) is 19.4 Å². The molecule has 0 aliphatic carbocycles. The van der Waals surface area contributed by atoms with Gasteiger partial charge in [0, 0.05) is 6.07 Å². The van der Waals surface area contributed by atoms with Gasteiger partial charge >= 0.3 is 0 Å². The largest absolute Gasteiger partial charge is 0.497 e. The fraction of sp³-hybridized carbons (Fsp3) is 0.316. The van der Waals surface area contributed by atoms with Gasteiger partial charge in [0.2, 0.25) is 0 Å². The standard InChI is InChI=1S/C19H23NO4/c1-3-18(24-17-11-7-10-16(14-17)22-2)19(21)20-12-13-23-15-8-5-4-6-9-15/h4-11,14,18H,3,12-13H2,1-2H3,(H,20,21)/t18-/m1/s1. The third-order valence-electron chi connectivity index (χ3n) is 3.40. The lowest BCUT2D eigenvalue weighted by Crippen LogP contribution is -2.39. The topological polar surface area (TPSA) is 56.8 Å². The summed E-state index contributed by atoms with van der Waals surface area (Å²) in [4.78, 5) is 12.2. The van der Waals surface area contributed by atoms with E-state index < -0.39 is 6.10 Å². The Balaban J connectivity index is 1.78. The predicted molar refractivity (Wildman–Crippen MR) is 92.6 cm³/mol. The van der Waals surface area contributed by atoms with Gasteiger partial charge in [0.1, 0.15) is 23.9 Å². The quantitative estimate of drug-likeness (QED) is 0.719. The Morgan fingerprint density at radius 2 is 1.75 bits per heavy atom. The molecule has 0 heterocycles. The molecule has 0 saturated heterocycles. The molecule has 128 valence electrons. The lowest BCUT2D eigenvalue weighted by Gasteiger charge is -2.17. The van der Waals surface area contributed by atoms with E-state index in [0.717, 1.165) is 5.75 Å². The lowest BCUT2D eigenvalue weighted by molar-refractivity contribution is -0.128. The van der Waals surface area contributed by atoms with Crippen molar-refractivity contribution in [1.82, 2.24) is 5.32 Å². The van der Waals surface area contributed by atoms with Crippen molar-refractivity contribution >= 4 is 5.91 Å². The van der Waals surface area contributed by atoms with Gasteiger partial charge in [-0.25, -0.2) is 0 Å². The van der Waals surface area contributed by atoms with Crippen LogP contribution in [0.2, 0.25) is 0 Å². The van der Waals surface area contributed by atoms with Crippen molar-refractivity contribution < 1.29 is 19.0 Å². The highest BCUT2D eigenvalue weighted by atomic mass is 16.5. The van der Waals surface area contributed by atoms with E-state index in [4.69, 9.17) is 14.2 Å². The average molecular weight is 329 g/mol. The lowest BCUT2D eigenvalue weighted by atomic mass is 10.2. The van der Waals surface area contributed by atoms with E-state index in [1.54, 1.807) is 19.2 Å². The van der Waals surface area contributed by atoms with E-state index in [-0.39, 0.29) is 5.91 Å². The molecule has 2 aromatic rings. The molecule has 0 saturated carbocycles. The van der Waals surface area contributed by atoms with E-state index in [1.807, 2.05) is 49.4 Å². The maximum atomic E-state index is 12.2. The zero-order chi connectivity index (χ0) is 17.2. The van der Waals surface area contributed by atoms with Gasteiger partial charge in [0.05, 0.1) is 13.7 Å². The number of nitrogens with one attached hydrogen (secondary N) is 1. The van der Waals surface area contributed by atoms with Crippen molar-refractivity contribution in [3.05, 3.63) is 54.6 Å². The molecular formula is C19H23NO4. The first kappa shape index (κ1) is 17.7. The van der Waals surface area contributed by atoms with Crippen LogP contribution in [0.15, 0.2) is 54.6 Å². The number of carbonyl (C=O) groups excluding carboxylic acids is 1. The third-order valence-corrected chi connectivity index (χ3v) is 3.40. The van der Waals surface area contributed by atoms with Gasteiger partial charge in [-0.2, -0.15) is 0 Å². The number of hydrogen-bond donors (Lipinski definition) is 1. The summed E-state index contributed by atoms with van der Waals surface area (Å²) in [6.07, 6.45) is 0.0246. The second kappa shape index (κ2) is 9.45. The molecule has 24 heavy (non-hydrogen) atoms. The maximum Gasteiger partial charge on any atom is 0.261 e. The van der Waals surface area contributed by atoms with Gasteiger partial charge < -0.3 is 19.5 Å². The number of methoxy groups -OCH3 is 1. The Labute approximate surface area is 142 Å². The number of carbonyl (C=O) groups is 1. The minimum Gasteiger partial charge on any atom is -0.497 e. The monoisotopic (exact) mass is 329 g/mol. The first-order chi connectivity index (χ1) is 11.7. The number of para-hydroxylation sites is 1. The van der Waals surface area contributed by atoms with Crippen molar-refractivity contribution in [2.24, 2.45) is 0 Å². The molecule has 5 heteroatoms. The Morgan fingerprint density at radius 1 is 1.04 bits per heavy atom. The Kier molecular flexibility index (Phi) is 6.95. The number of rotatable bonds is 9. The molecule has 0 bridgehead atoms. The zero-order valence-corrected chi connectivity index (χ0v) is 14.0. The summed E-state index contributed by atoms with van der Waals surface area (Å²) in [5.41, 5.74) is 0. The van der Waals surface area contributed by atoms with Crippen LogP contribution in [0.5, 0.6) is 17.2 Å². The molecule has 2 aromatic carbocycles. The van der Waals surface area contributed by atoms with Gasteiger partial charge in [-0.15, -0.1) is 0 Å². The fourth-order valence-electron chi connectivity index (χ4n) is 2.13. The second-order valence-corrected chi connectivity index (χ2v) is 5.15. The van der Waals surface area contributed by atoms with E-state index in [1.165, 1.54) is 0 Å². The van der Waals surface area contributed by atoms with Crippen molar-refractivity contribution in [1.29, 1.82) is 0 Å². The minimum absolute atomic E-state index is 0.156. The van der Waals surface area contributed by atoms with Crippen LogP contribution in [-0.4, -0.2) is 32.3 Å². The molecule has 0 spiro atoms. The summed E-state index contributed by atoms with van der Waals surface area (Å²) >= 11 is 0. The summed E-state index contributed by atoms with van der Waals surface area (Å²) in [5, 5.41) is 2.83. The van der Waals surface area contributed by atoms with Gasteiger partial charge in [-0.1, -0.05) is 31.2 Å². The zero-order valence-electron chi connectivity index (χ0n) is 14.0. The van der Waals surface area contributed by atoms with Crippen LogP contribution in [0, 0.1) is 0 Å². The van der Waals surface area contributed by atoms with Crippen molar-refractivity contribution in [3.63, 3.8) is 0 Å². The van der Waals surface area contributed by atoms with Crippen molar-refractivity contribution in [2.75, 3.05) is 20.3 Å². The molecule has 2 rings (SSSR count). The van der Waals surface area contributed by atoms with Gasteiger partial charge in [0.15, 0.2) is 6.10 Å². The second-order valence-electron chi connectivity index (χ2n) is 5.15. The van der Waals surface area contributed by atoms with Crippen LogP contribution >= 0.6 is 0 Å². The van der Waals surface area contributed by atoms with E-state index >= 15 is 0 Å². The van der Waals surface area contributed by atoms with Crippen LogP contribution in [-0.2, 0) is 4.79 Å². The average Bonchev–Trinajstić information content (AvgIpc) is 2.64. The maximum absolute atomic E-state index is 12.2. The van der Waals surface area contributed by atoms with Crippen LogP contribution in [0.1, 0.15) is 13.3 Å². The Morgan fingerprint density at radius 3 is 2.46 bits per heavy atom. The third kappa shape index (κ3) is 5.50. The molecule has 0 aliphatic rings. The summed E-state index contributed by atoms with van der Waals surface area (Å²) in [6.45, 7) is 2.74. The van der Waals surface area contributed by atoms with E-state index in [9.17, 15) is 4.79 Å². The molecule has 0 fully saturated rings. The highest BCUT2D eigenvalue weighted by Gasteiger charge is 2.18. The Hall–Kier alpha value is -2.69. The van der Waals surface area contributed by atoms with Crippen molar-refractivity contribution in [3.8, 4) is 17.2 Å². The highest BCUT2D eigenvalue weighted by molar-refractivity contribution is 5.81. The summed E-state index contributed by atoms with van der Waals surface area (Å²) in [7, 11) is 1.59. The van der Waals surface area contributed by atoms with Crippen LogP contribution < -0.4 is 19.5 Å². The molecule has 1 atom stereocenters. The summed E-state index contributed by atoms with van der Waals surface area (Å²) < 4.78 is 16.5. The first-order valence-electron chi connectivity index (χ1n) is 7.99. The predicted octanol–water partition coefficient (Wildman–Crippen LogP) is 3.05. The molecule has 1 amide bonds. The van der Waals surface area contributed by atoms with Gasteiger partial charge in [-0.05, 0) is 30.7 Å². The summed E-state index contributed by atoms with van der Waals surface area (Å²) in [6, 6.07) is 16.7. The molecule has 0 aliphatic heterocycles. The minimum atomic E-state index is -0.547. The smallest absolute Gasteiger partial charge is 0.261 e. The number of hydrogen-bond acceptors (Lipinski definition) is 4. The SMILES string of the molecule is CC[C@@H](Oc1cccc(OC)c1)C(=O)NCCOc1ccccc1. The number of ether oxygens (including phenoxy) is 3. The first-order valence-corrected chi connectivity index (χ1v) is 7.99. The molecule has 1 N–H and O–H groups in total. The van der Waals surface area contributed by atoms with Gasteiger partial charge in [0.25, 0.3) is 5.91 Å². The van der Waals surface area contributed by atoms with Crippen LogP contribution in [0.3, 0.4) is 0 Å². The normalized spacial score (nSPS) is 11.4. The molecule has 0 unspecified atom stereocenters. The highest BCUT2D eigenvalue weighted by Crippen LogP contribution is 2.20. The summed E-state index contributed by atoms with van der Waals surface area (Å²) in [5.74, 6) is 1.93. The molecular weight excluding hydrogens is 306 g/mol. The fourth-order valence-corrected chi connectivity index (χ4v) is 2.13. The molecule has 0 aromatic heterocycles. The Bertz CT molecular complexity index is 630. The van der Waals surface area contributed by atoms with Gasteiger partial charge in [-0.3, -0.25) is 4.79 Å². The van der Waals surface area contributed by atoms with Crippen LogP contribution in [0.25, 0.3) is 0 Å².